The zero-order valence-electron chi connectivity index (χ0n) is 6.16. The monoisotopic (exact) mass is 247 g/mol. The van der Waals surface area contributed by atoms with E-state index in [-0.39, 0.29) is 15.1 Å². The molecule has 0 radical (unpaired) electrons. The third-order valence-electron chi connectivity index (χ3n) is 1.45. The van der Waals surface area contributed by atoms with Crippen LogP contribution in [0.2, 0.25) is 5.02 Å². The molecule has 0 saturated heterocycles. The molecule has 0 saturated carbocycles. The summed E-state index contributed by atoms with van der Waals surface area (Å²) in [7, 11) is 0. The van der Waals surface area contributed by atoms with Gasteiger partial charge >= 0.3 is 0 Å². The van der Waals surface area contributed by atoms with Crippen LogP contribution in [0, 0.1) is 24.1 Å². The van der Waals surface area contributed by atoms with Gasteiger partial charge in [-0.05, 0) is 34.5 Å². The number of benzene rings is 1. The summed E-state index contributed by atoms with van der Waals surface area (Å²) >= 11 is 8.67. The first-order chi connectivity index (χ1) is 5.57. The van der Waals surface area contributed by atoms with Gasteiger partial charge in [0.2, 0.25) is 0 Å². The number of nitrogens with zero attached hydrogens (tertiary/aromatic N) is 1. The Balaban J connectivity index is 3.56. The van der Waals surface area contributed by atoms with Crippen LogP contribution in [0.25, 0.3) is 0 Å². The summed E-state index contributed by atoms with van der Waals surface area (Å²) in [5.41, 5.74) is 0.574. The normalized spacial score (nSPS) is 9.58. The first-order valence-corrected chi connectivity index (χ1v) is 4.29. The summed E-state index contributed by atoms with van der Waals surface area (Å²) in [5, 5.41) is 8.73. The van der Waals surface area contributed by atoms with Crippen molar-refractivity contribution >= 4 is 27.5 Å². The number of hydrogen-bond donors (Lipinski definition) is 0. The highest BCUT2D eigenvalue weighted by Crippen LogP contribution is 2.28. The van der Waals surface area contributed by atoms with Crippen LogP contribution in [0.15, 0.2) is 10.5 Å². The molecule has 0 fully saturated rings. The molecule has 0 bridgehead atoms. The number of hydrogen-bond acceptors (Lipinski definition) is 1. The molecule has 1 aromatic rings. The predicted octanol–water partition coefficient (Wildman–Crippen LogP) is 3.42. The topological polar surface area (TPSA) is 23.8 Å². The van der Waals surface area contributed by atoms with Crippen molar-refractivity contribution in [1.29, 1.82) is 5.26 Å². The Bertz CT molecular complexity index is 344. The van der Waals surface area contributed by atoms with Gasteiger partial charge in [0.15, 0.2) is 5.82 Å². The fourth-order valence-corrected chi connectivity index (χ4v) is 1.55. The van der Waals surface area contributed by atoms with E-state index in [0.29, 0.717) is 5.56 Å². The molecule has 1 nitrogen and oxygen atoms in total. The minimum Gasteiger partial charge on any atom is -0.204 e. The van der Waals surface area contributed by atoms with E-state index >= 15 is 0 Å². The Morgan fingerprint density at radius 2 is 2.25 bits per heavy atom. The minimum atomic E-state index is -0.604. The summed E-state index contributed by atoms with van der Waals surface area (Å²) in [5.74, 6) is -0.604. The van der Waals surface area contributed by atoms with E-state index in [4.69, 9.17) is 16.9 Å². The molecule has 12 heavy (non-hydrogen) atoms. The average molecular weight is 248 g/mol. The van der Waals surface area contributed by atoms with Crippen molar-refractivity contribution in [3.05, 3.63) is 32.5 Å². The van der Waals surface area contributed by atoms with Crippen molar-refractivity contribution in [3.63, 3.8) is 0 Å². The van der Waals surface area contributed by atoms with Crippen molar-refractivity contribution in [2.75, 3.05) is 0 Å². The average Bonchev–Trinajstić information content (AvgIpc) is 2.02. The van der Waals surface area contributed by atoms with Crippen molar-refractivity contribution in [2.45, 2.75) is 6.92 Å². The third-order valence-corrected chi connectivity index (χ3v) is 2.51. The van der Waals surface area contributed by atoms with E-state index < -0.39 is 5.82 Å². The molecule has 0 aliphatic rings. The second kappa shape index (κ2) is 3.42. The second-order valence-electron chi connectivity index (χ2n) is 2.29. The number of nitriles is 1. The lowest BCUT2D eigenvalue weighted by Crippen LogP contribution is -1.90. The Hall–Kier alpha value is -0.590. The molecule has 4 heteroatoms. The van der Waals surface area contributed by atoms with E-state index in [1.54, 1.807) is 19.1 Å². The highest BCUT2D eigenvalue weighted by molar-refractivity contribution is 9.10. The van der Waals surface area contributed by atoms with Crippen LogP contribution in [-0.2, 0) is 0 Å². The summed E-state index contributed by atoms with van der Waals surface area (Å²) in [6.07, 6.45) is 0. The van der Waals surface area contributed by atoms with Crippen molar-refractivity contribution in [2.24, 2.45) is 0 Å². The zero-order valence-corrected chi connectivity index (χ0v) is 8.50. The standard InChI is InChI=1S/C8H4BrClFN/c1-4-2-6(9)8(11)5(3-12)7(4)10/h2H,1H3. The van der Waals surface area contributed by atoms with E-state index in [0.717, 1.165) is 0 Å². The Labute approximate surface area is 82.9 Å². The molecule has 0 atom stereocenters. The summed E-state index contributed by atoms with van der Waals surface area (Å²) in [6, 6.07) is 3.25. The van der Waals surface area contributed by atoms with Crippen LogP contribution in [0.4, 0.5) is 4.39 Å². The lowest BCUT2D eigenvalue weighted by Gasteiger charge is -2.02. The summed E-state index contributed by atoms with van der Waals surface area (Å²) < 4.78 is 13.4. The lowest BCUT2D eigenvalue weighted by molar-refractivity contribution is 0.617. The molecule has 0 N–H and O–H groups in total. The Morgan fingerprint density at radius 3 is 2.75 bits per heavy atom. The quantitative estimate of drug-likeness (QED) is 0.645. The van der Waals surface area contributed by atoms with Crippen molar-refractivity contribution < 1.29 is 4.39 Å². The van der Waals surface area contributed by atoms with Crippen molar-refractivity contribution in [3.8, 4) is 6.07 Å². The fraction of sp³-hybridized carbons (Fsp3) is 0.125. The van der Waals surface area contributed by atoms with Crippen LogP contribution in [0.3, 0.4) is 0 Å². The summed E-state index contributed by atoms with van der Waals surface area (Å²) in [6.45, 7) is 1.72. The Morgan fingerprint density at radius 1 is 1.67 bits per heavy atom. The SMILES string of the molecule is Cc1cc(Br)c(F)c(C#N)c1Cl. The molecule has 0 aliphatic carbocycles. The molecule has 62 valence electrons. The largest absolute Gasteiger partial charge is 0.204 e. The minimum absolute atomic E-state index is 0.108. The van der Waals surface area contributed by atoms with Gasteiger partial charge in [-0.15, -0.1) is 0 Å². The van der Waals surface area contributed by atoms with E-state index in [9.17, 15) is 4.39 Å². The van der Waals surface area contributed by atoms with E-state index in [1.165, 1.54) is 0 Å². The van der Waals surface area contributed by atoms with Crippen LogP contribution < -0.4 is 0 Å². The van der Waals surface area contributed by atoms with Gasteiger partial charge in [-0.2, -0.15) is 5.26 Å². The smallest absolute Gasteiger partial charge is 0.156 e. The van der Waals surface area contributed by atoms with Gasteiger partial charge in [-0.1, -0.05) is 11.6 Å². The van der Waals surface area contributed by atoms with Gasteiger partial charge in [0.1, 0.15) is 11.6 Å². The fourth-order valence-electron chi connectivity index (χ4n) is 0.828. The molecule has 1 aromatic carbocycles. The Kier molecular flexibility index (Phi) is 2.71. The molecule has 0 aliphatic heterocycles. The highest BCUT2D eigenvalue weighted by atomic mass is 79.9. The van der Waals surface area contributed by atoms with Gasteiger partial charge in [0.05, 0.1) is 9.50 Å². The molecular formula is C8H4BrClFN. The van der Waals surface area contributed by atoms with Crippen molar-refractivity contribution in [1.82, 2.24) is 0 Å². The van der Waals surface area contributed by atoms with Gasteiger partial charge < -0.3 is 0 Å². The van der Waals surface area contributed by atoms with Crippen LogP contribution in [0.1, 0.15) is 11.1 Å². The van der Waals surface area contributed by atoms with Gasteiger partial charge in [-0.3, -0.25) is 0 Å². The molecule has 0 heterocycles. The number of aryl methyl sites for hydroxylation is 1. The van der Waals surface area contributed by atoms with Gasteiger partial charge in [0, 0.05) is 0 Å². The maximum atomic E-state index is 13.1. The highest BCUT2D eigenvalue weighted by Gasteiger charge is 2.12. The first kappa shape index (κ1) is 9.50. The maximum Gasteiger partial charge on any atom is 0.156 e. The number of rotatable bonds is 0. The maximum absolute atomic E-state index is 13.1. The van der Waals surface area contributed by atoms with Crippen LogP contribution >= 0.6 is 27.5 Å². The number of halogens is 3. The van der Waals surface area contributed by atoms with Crippen LogP contribution in [0.5, 0.6) is 0 Å². The van der Waals surface area contributed by atoms with Gasteiger partial charge in [0.25, 0.3) is 0 Å². The third kappa shape index (κ3) is 1.45. The van der Waals surface area contributed by atoms with Gasteiger partial charge in [-0.25, -0.2) is 4.39 Å². The molecule has 0 unspecified atom stereocenters. The molecule has 0 aromatic heterocycles. The van der Waals surface area contributed by atoms with E-state index in [2.05, 4.69) is 15.9 Å². The molecule has 0 amide bonds. The molecule has 0 spiro atoms. The second-order valence-corrected chi connectivity index (χ2v) is 3.52. The van der Waals surface area contributed by atoms with E-state index in [1.807, 2.05) is 0 Å². The molecule has 1 rings (SSSR count). The summed E-state index contributed by atoms with van der Waals surface area (Å²) in [4.78, 5) is 0. The lowest BCUT2D eigenvalue weighted by atomic mass is 10.1. The van der Waals surface area contributed by atoms with Crippen LogP contribution in [-0.4, -0.2) is 0 Å². The first-order valence-electron chi connectivity index (χ1n) is 3.12. The zero-order chi connectivity index (χ0) is 9.30. The predicted molar refractivity (Wildman–Crippen MR) is 48.6 cm³/mol. The molecular weight excluding hydrogens is 244 g/mol.